The van der Waals surface area contributed by atoms with E-state index >= 15 is 0 Å². The number of nitrogens with zero attached hydrogens (tertiary/aromatic N) is 2. The molecule has 17 heavy (non-hydrogen) atoms. The molecular weight excluding hydrogens is 216 g/mol. The molecule has 5 heteroatoms. The fourth-order valence-electron chi connectivity index (χ4n) is 2.84. The van der Waals surface area contributed by atoms with Crippen molar-refractivity contribution in [2.24, 2.45) is 5.73 Å². The highest BCUT2D eigenvalue weighted by molar-refractivity contribution is 5.78. The molecule has 0 aliphatic carbocycles. The summed E-state index contributed by atoms with van der Waals surface area (Å²) < 4.78 is 0. The van der Waals surface area contributed by atoms with Crippen LogP contribution >= 0.6 is 0 Å². The first-order chi connectivity index (χ1) is 8.31. The van der Waals surface area contributed by atoms with Crippen LogP contribution in [-0.2, 0) is 4.79 Å². The molecule has 0 saturated carbocycles. The number of piperidine rings is 1. The van der Waals surface area contributed by atoms with Gasteiger partial charge in [0.2, 0.25) is 5.91 Å². The van der Waals surface area contributed by atoms with Crippen LogP contribution in [0.2, 0.25) is 0 Å². The summed E-state index contributed by atoms with van der Waals surface area (Å²) in [7, 11) is 0. The van der Waals surface area contributed by atoms with Gasteiger partial charge in [-0.15, -0.1) is 0 Å². The first kappa shape index (κ1) is 12.8. The third-order valence-electron chi connectivity index (χ3n) is 3.81. The molecule has 0 aromatic carbocycles. The third-order valence-corrected chi connectivity index (χ3v) is 3.81. The number of carbonyl (C=O) groups excluding carboxylic acids is 1. The van der Waals surface area contributed by atoms with Gasteiger partial charge in [0.1, 0.15) is 0 Å². The Morgan fingerprint density at radius 2 is 2.12 bits per heavy atom. The van der Waals surface area contributed by atoms with E-state index in [1.54, 1.807) is 0 Å². The van der Waals surface area contributed by atoms with E-state index in [1.165, 1.54) is 12.8 Å². The Labute approximate surface area is 103 Å². The Balaban J connectivity index is 1.89. The highest BCUT2D eigenvalue weighted by Crippen LogP contribution is 2.16. The predicted octanol–water partition coefficient (Wildman–Crippen LogP) is -0.769. The van der Waals surface area contributed by atoms with Crippen LogP contribution in [0.4, 0.5) is 0 Å². The summed E-state index contributed by atoms with van der Waals surface area (Å²) in [5.41, 5.74) is 5.44. The van der Waals surface area contributed by atoms with Crippen molar-refractivity contribution in [1.82, 2.24) is 15.1 Å². The van der Waals surface area contributed by atoms with E-state index in [0.717, 1.165) is 45.7 Å². The minimum absolute atomic E-state index is 0.0997. The van der Waals surface area contributed by atoms with Gasteiger partial charge < -0.3 is 16.0 Å². The summed E-state index contributed by atoms with van der Waals surface area (Å²) in [6, 6.07) is 0.541. The Morgan fingerprint density at radius 3 is 2.94 bits per heavy atom. The number of hydrogen-bond acceptors (Lipinski definition) is 4. The number of nitrogens with one attached hydrogen (secondary N) is 1. The Hall–Kier alpha value is -0.650. The van der Waals surface area contributed by atoms with Crippen molar-refractivity contribution < 1.29 is 4.79 Å². The second-order valence-corrected chi connectivity index (χ2v) is 4.98. The van der Waals surface area contributed by atoms with Gasteiger partial charge in [-0.25, -0.2) is 0 Å². The van der Waals surface area contributed by atoms with Gasteiger partial charge in [-0.1, -0.05) is 0 Å². The predicted molar refractivity (Wildman–Crippen MR) is 67.7 cm³/mol. The molecular formula is C12H24N4O. The Bertz CT molecular complexity index is 251. The first-order valence-corrected chi connectivity index (χ1v) is 6.74. The van der Waals surface area contributed by atoms with Crippen LogP contribution in [0, 0.1) is 0 Å². The lowest BCUT2D eigenvalue weighted by Gasteiger charge is -2.38. The van der Waals surface area contributed by atoms with Crippen molar-refractivity contribution in [3.05, 3.63) is 0 Å². The lowest BCUT2D eigenvalue weighted by molar-refractivity contribution is -0.131. The normalized spacial score (nSPS) is 27.8. The van der Waals surface area contributed by atoms with Crippen molar-refractivity contribution in [2.45, 2.75) is 25.3 Å². The molecule has 1 unspecified atom stereocenters. The zero-order valence-electron chi connectivity index (χ0n) is 10.5. The van der Waals surface area contributed by atoms with E-state index in [4.69, 9.17) is 5.73 Å². The van der Waals surface area contributed by atoms with E-state index in [0.29, 0.717) is 6.04 Å². The van der Waals surface area contributed by atoms with Crippen LogP contribution in [0.5, 0.6) is 0 Å². The minimum Gasteiger partial charge on any atom is -0.340 e. The second kappa shape index (κ2) is 6.33. The van der Waals surface area contributed by atoms with Gasteiger partial charge >= 0.3 is 0 Å². The zero-order chi connectivity index (χ0) is 12.1. The molecule has 0 bridgehead atoms. The van der Waals surface area contributed by atoms with Crippen molar-refractivity contribution >= 4 is 5.91 Å². The smallest absolute Gasteiger partial charge is 0.236 e. The summed E-state index contributed by atoms with van der Waals surface area (Å²) in [5.74, 6) is 0.0997. The second-order valence-electron chi connectivity index (χ2n) is 4.98. The fraction of sp³-hybridized carbons (Fsp3) is 0.917. The van der Waals surface area contributed by atoms with Crippen LogP contribution < -0.4 is 11.1 Å². The molecule has 5 nitrogen and oxygen atoms in total. The van der Waals surface area contributed by atoms with Crippen LogP contribution in [-0.4, -0.2) is 67.6 Å². The standard InChI is InChI=1S/C12H24N4O/c13-9-12(17)16-6-1-3-11(10-16)15-7-2-4-14-5-8-15/h11,14H,1-10,13H2. The number of amides is 1. The Morgan fingerprint density at radius 1 is 1.24 bits per heavy atom. The topological polar surface area (TPSA) is 61.6 Å². The maximum atomic E-state index is 11.6. The molecule has 2 aliphatic heterocycles. The van der Waals surface area contributed by atoms with Crippen molar-refractivity contribution in [1.29, 1.82) is 0 Å². The molecule has 2 heterocycles. The zero-order valence-corrected chi connectivity index (χ0v) is 10.5. The summed E-state index contributed by atoms with van der Waals surface area (Å²) in [5, 5.41) is 3.42. The minimum atomic E-state index is 0.0997. The molecule has 98 valence electrons. The number of carbonyl (C=O) groups is 1. The fourth-order valence-corrected chi connectivity index (χ4v) is 2.84. The van der Waals surface area contributed by atoms with Gasteiger partial charge in [0, 0.05) is 32.2 Å². The summed E-state index contributed by atoms with van der Waals surface area (Å²) >= 11 is 0. The van der Waals surface area contributed by atoms with Gasteiger partial charge in [-0.05, 0) is 32.4 Å². The molecule has 0 aromatic rings. The van der Waals surface area contributed by atoms with Crippen molar-refractivity contribution in [2.75, 3.05) is 45.8 Å². The van der Waals surface area contributed by atoms with Crippen LogP contribution in [0.15, 0.2) is 0 Å². The van der Waals surface area contributed by atoms with E-state index in [-0.39, 0.29) is 12.5 Å². The largest absolute Gasteiger partial charge is 0.340 e. The van der Waals surface area contributed by atoms with Gasteiger partial charge in [0.15, 0.2) is 0 Å². The van der Waals surface area contributed by atoms with Crippen LogP contribution in [0.3, 0.4) is 0 Å². The first-order valence-electron chi connectivity index (χ1n) is 6.74. The quantitative estimate of drug-likeness (QED) is 0.665. The third kappa shape index (κ3) is 3.40. The lowest BCUT2D eigenvalue weighted by atomic mass is 10.0. The molecule has 3 N–H and O–H groups in total. The average Bonchev–Trinajstić information content (AvgIpc) is 2.67. The molecule has 2 fully saturated rings. The summed E-state index contributed by atoms with van der Waals surface area (Å²) in [4.78, 5) is 16.1. The number of nitrogens with two attached hydrogens (primary N) is 1. The van der Waals surface area contributed by atoms with E-state index in [1.807, 2.05) is 4.90 Å². The van der Waals surface area contributed by atoms with Gasteiger partial charge in [-0.2, -0.15) is 0 Å². The molecule has 2 rings (SSSR count). The summed E-state index contributed by atoms with van der Waals surface area (Å²) in [6.07, 6.45) is 3.54. The molecule has 1 amide bonds. The monoisotopic (exact) mass is 240 g/mol. The maximum Gasteiger partial charge on any atom is 0.236 e. The van der Waals surface area contributed by atoms with Crippen LogP contribution in [0.25, 0.3) is 0 Å². The molecule has 0 spiro atoms. The summed E-state index contributed by atoms with van der Waals surface area (Å²) in [6.45, 7) is 6.36. The van der Waals surface area contributed by atoms with Gasteiger partial charge in [0.25, 0.3) is 0 Å². The lowest BCUT2D eigenvalue weighted by Crippen LogP contribution is -2.51. The highest BCUT2D eigenvalue weighted by Gasteiger charge is 2.27. The number of rotatable bonds is 2. The number of likely N-dealkylation sites (tertiary alicyclic amines) is 1. The highest BCUT2D eigenvalue weighted by atomic mass is 16.2. The average molecular weight is 240 g/mol. The van der Waals surface area contributed by atoms with Crippen molar-refractivity contribution in [3.63, 3.8) is 0 Å². The van der Waals surface area contributed by atoms with Gasteiger partial charge in [-0.3, -0.25) is 9.69 Å². The molecule has 2 saturated heterocycles. The maximum absolute atomic E-state index is 11.6. The van der Waals surface area contributed by atoms with Crippen LogP contribution in [0.1, 0.15) is 19.3 Å². The molecule has 0 aromatic heterocycles. The van der Waals surface area contributed by atoms with E-state index in [9.17, 15) is 4.79 Å². The SMILES string of the molecule is NCC(=O)N1CCCC(N2CCCNCC2)C1. The molecule has 2 aliphatic rings. The molecule has 1 atom stereocenters. The van der Waals surface area contributed by atoms with Gasteiger partial charge in [0.05, 0.1) is 6.54 Å². The molecule has 0 radical (unpaired) electrons. The van der Waals surface area contributed by atoms with Crippen molar-refractivity contribution in [3.8, 4) is 0 Å². The number of hydrogen-bond donors (Lipinski definition) is 2. The Kier molecular flexibility index (Phi) is 4.76. The van der Waals surface area contributed by atoms with E-state index < -0.39 is 0 Å². The van der Waals surface area contributed by atoms with E-state index in [2.05, 4.69) is 10.2 Å².